The number of nitrogens with one attached hydrogen (secondary N) is 1. The van der Waals surface area contributed by atoms with Gasteiger partial charge in [0.2, 0.25) is 5.88 Å². The first-order chi connectivity index (χ1) is 12.8. The molecule has 0 amide bonds. The molecule has 1 fully saturated rings. The van der Waals surface area contributed by atoms with E-state index < -0.39 is 0 Å². The highest BCUT2D eigenvalue weighted by Crippen LogP contribution is 2.18. The summed E-state index contributed by atoms with van der Waals surface area (Å²) in [6, 6.07) is 3.94. The molecule has 8 heteroatoms. The lowest BCUT2D eigenvalue weighted by atomic mass is 10.1. The number of aromatic nitrogens is 1. The number of likely N-dealkylation sites (tertiary alicyclic amines) is 1. The molecular formula is C19H33IN4O3. The number of guanidine groups is 1. The SMILES string of the molecule is CCNC(=NCc1cccnc1OCC)N1CCC(COCCOC)C1.I. The van der Waals surface area contributed by atoms with E-state index in [2.05, 4.69) is 22.1 Å². The number of pyridine rings is 1. The Bertz CT molecular complexity index is 560. The van der Waals surface area contributed by atoms with Crippen LogP contribution < -0.4 is 10.1 Å². The van der Waals surface area contributed by atoms with E-state index in [-0.39, 0.29) is 24.0 Å². The third-order valence-electron chi connectivity index (χ3n) is 4.24. The monoisotopic (exact) mass is 492 g/mol. The van der Waals surface area contributed by atoms with Crippen LogP contribution in [0.5, 0.6) is 5.88 Å². The number of rotatable bonds is 10. The van der Waals surface area contributed by atoms with Crippen molar-refractivity contribution in [2.75, 3.05) is 53.2 Å². The van der Waals surface area contributed by atoms with Crippen LogP contribution in [0.2, 0.25) is 0 Å². The number of aliphatic imine (C=N–C) groups is 1. The molecule has 0 saturated carbocycles. The summed E-state index contributed by atoms with van der Waals surface area (Å²) in [5, 5.41) is 3.40. The second-order valence-electron chi connectivity index (χ2n) is 6.24. The van der Waals surface area contributed by atoms with Crippen molar-refractivity contribution in [1.29, 1.82) is 0 Å². The van der Waals surface area contributed by atoms with E-state index in [1.807, 2.05) is 19.1 Å². The van der Waals surface area contributed by atoms with Gasteiger partial charge in [-0.1, -0.05) is 6.07 Å². The Labute approximate surface area is 179 Å². The van der Waals surface area contributed by atoms with Crippen molar-refractivity contribution in [3.05, 3.63) is 23.9 Å². The molecule has 1 atom stereocenters. The normalized spacial score (nSPS) is 16.9. The average molecular weight is 492 g/mol. The molecule has 1 aliphatic rings. The van der Waals surface area contributed by atoms with Crippen molar-refractivity contribution >= 4 is 29.9 Å². The van der Waals surface area contributed by atoms with Gasteiger partial charge in [0.25, 0.3) is 0 Å². The Morgan fingerprint density at radius 3 is 2.96 bits per heavy atom. The van der Waals surface area contributed by atoms with Crippen LogP contribution in [0.3, 0.4) is 0 Å². The van der Waals surface area contributed by atoms with Gasteiger partial charge in [-0.15, -0.1) is 24.0 Å². The average Bonchev–Trinajstić information content (AvgIpc) is 3.12. The highest BCUT2D eigenvalue weighted by Gasteiger charge is 2.25. The maximum Gasteiger partial charge on any atom is 0.218 e. The molecule has 0 spiro atoms. The van der Waals surface area contributed by atoms with Gasteiger partial charge in [-0.3, -0.25) is 0 Å². The molecule has 1 aromatic heterocycles. The van der Waals surface area contributed by atoms with Gasteiger partial charge in [0.05, 0.1) is 33.0 Å². The fourth-order valence-electron chi connectivity index (χ4n) is 2.95. The van der Waals surface area contributed by atoms with E-state index in [4.69, 9.17) is 19.2 Å². The third kappa shape index (κ3) is 8.18. The van der Waals surface area contributed by atoms with Gasteiger partial charge in [0.1, 0.15) is 0 Å². The first kappa shape index (κ1) is 23.9. The molecule has 1 N–H and O–H groups in total. The van der Waals surface area contributed by atoms with E-state index >= 15 is 0 Å². The molecule has 7 nitrogen and oxygen atoms in total. The summed E-state index contributed by atoms with van der Waals surface area (Å²) in [6.07, 6.45) is 2.87. The fourth-order valence-corrected chi connectivity index (χ4v) is 2.95. The van der Waals surface area contributed by atoms with Crippen LogP contribution in [0.4, 0.5) is 0 Å². The van der Waals surface area contributed by atoms with Gasteiger partial charge in [0.15, 0.2) is 5.96 Å². The summed E-state index contributed by atoms with van der Waals surface area (Å²) in [6.45, 7) is 10.1. The minimum atomic E-state index is 0. The maximum atomic E-state index is 5.68. The summed E-state index contributed by atoms with van der Waals surface area (Å²) >= 11 is 0. The van der Waals surface area contributed by atoms with Gasteiger partial charge < -0.3 is 24.4 Å². The van der Waals surface area contributed by atoms with Crippen molar-refractivity contribution in [3.8, 4) is 5.88 Å². The predicted octanol–water partition coefficient (Wildman–Crippen LogP) is 2.55. The number of methoxy groups -OCH3 is 1. The lowest BCUT2D eigenvalue weighted by Crippen LogP contribution is -2.40. The summed E-state index contributed by atoms with van der Waals surface area (Å²) in [5.74, 6) is 2.15. The van der Waals surface area contributed by atoms with E-state index in [0.29, 0.717) is 38.2 Å². The number of nitrogens with zero attached hydrogens (tertiary/aromatic N) is 3. The minimum absolute atomic E-state index is 0. The van der Waals surface area contributed by atoms with Gasteiger partial charge in [0, 0.05) is 44.4 Å². The quantitative estimate of drug-likeness (QED) is 0.235. The van der Waals surface area contributed by atoms with Gasteiger partial charge in [-0.2, -0.15) is 0 Å². The van der Waals surface area contributed by atoms with Gasteiger partial charge in [-0.25, -0.2) is 9.98 Å². The molecule has 1 saturated heterocycles. The van der Waals surface area contributed by atoms with Gasteiger partial charge in [-0.05, 0) is 26.3 Å². The molecule has 0 aromatic carbocycles. The molecule has 0 radical (unpaired) electrons. The number of hydrogen-bond acceptors (Lipinski definition) is 5. The summed E-state index contributed by atoms with van der Waals surface area (Å²) < 4.78 is 16.3. The standard InChI is InChI=1S/C19H32N4O3.HI/c1-4-20-19(22-13-17-7-6-9-21-18(17)26-5-2)23-10-8-16(14-23)15-25-12-11-24-3;/h6-7,9,16H,4-5,8,10-15H2,1-3H3,(H,20,22);1H. The zero-order valence-corrected chi connectivity index (χ0v) is 19.0. The molecule has 2 heterocycles. The molecule has 0 bridgehead atoms. The summed E-state index contributed by atoms with van der Waals surface area (Å²) in [4.78, 5) is 11.4. The van der Waals surface area contributed by atoms with Crippen molar-refractivity contribution in [2.24, 2.45) is 10.9 Å². The first-order valence-electron chi connectivity index (χ1n) is 9.45. The Balaban J connectivity index is 0.00000364. The van der Waals surface area contributed by atoms with Crippen LogP contribution >= 0.6 is 24.0 Å². The Hall–Kier alpha value is -1.13. The smallest absolute Gasteiger partial charge is 0.218 e. The molecule has 1 aromatic rings. The highest BCUT2D eigenvalue weighted by atomic mass is 127. The van der Waals surface area contributed by atoms with E-state index in [9.17, 15) is 0 Å². The van der Waals surface area contributed by atoms with Crippen molar-refractivity contribution < 1.29 is 14.2 Å². The van der Waals surface area contributed by atoms with Crippen molar-refractivity contribution in [3.63, 3.8) is 0 Å². The van der Waals surface area contributed by atoms with Crippen LogP contribution in [-0.2, 0) is 16.0 Å². The largest absolute Gasteiger partial charge is 0.478 e. The molecule has 154 valence electrons. The second-order valence-corrected chi connectivity index (χ2v) is 6.24. The zero-order chi connectivity index (χ0) is 18.6. The number of ether oxygens (including phenoxy) is 3. The van der Waals surface area contributed by atoms with E-state index in [0.717, 1.165) is 44.2 Å². The number of halogens is 1. The predicted molar refractivity (Wildman–Crippen MR) is 118 cm³/mol. The molecule has 1 aliphatic heterocycles. The zero-order valence-electron chi connectivity index (χ0n) is 16.6. The lowest BCUT2D eigenvalue weighted by Gasteiger charge is -2.22. The fraction of sp³-hybridized carbons (Fsp3) is 0.684. The maximum absolute atomic E-state index is 5.68. The first-order valence-corrected chi connectivity index (χ1v) is 9.45. The topological polar surface area (TPSA) is 68.2 Å². The van der Waals surface area contributed by atoms with E-state index in [1.165, 1.54) is 0 Å². The molecule has 2 rings (SSSR count). The Morgan fingerprint density at radius 2 is 2.22 bits per heavy atom. The molecule has 0 aliphatic carbocycles. The highest BCUT2D eigenvalue weighted by molar-refractivity contribution is 14.0. The Morgan fingerprint density at radius 1 is 1.37 bits per heavy atom. The minimum Gasteiger partial charge on any atom is -0.478 e. The van der Waals surface area contributed by atoms with Crippen LogP contribution in [-0.4, -0.2) is 69.0 Å². The van der Waals surface area contributed by atoms with E-state index in [1.54, 1.807) is 13.3 Å². The van der Waals surface area contributed by atoms with Crippen LogP contribution in [0.15, 0.2) is 23.3 Å². The molecule has 1 unspecified atom stereocenters. The molecule has 27 heavy (non-hydrogen) atoms. The lowest BCUT2D eigenvalue weighted by molar-refractivity contribution is 0.0536. The van der Waals surface area contributed by atoms with Crippen LogP contribution in [0.1, 0.15) is 25.8 Å². The summed E-state index contributed by atoms with van der Waals surface area (Å²) in [5.41, 5.74) is 1.00. The van der Waals surface area contributed by atoms with Crippen molar-refractivity contribution in [2.45, 2.75) is 26.8 Å². The van der Waals surface area contributed by atoms with Crippen LogP contribution in [0, 0.1) is 5.92 Å². The van der Waals surface area contributed by atoms with Crippen LogP contribution in [0.25, 0.3) is 0 Å². The number of hydrogen-bond donors (Lipinski definition) is 1. The van der Waals surface area contributed by atoms with Gasteiger partial charge >= 0.3 is 0 Å². The Kier molecular flexibility index (Phi) is 12.4. The molecular weight excluding hydrogens is 459 g/mol. The second kappa shape index (κ2) is 14.0. The van der Waals surface area contributed by atoms with Crippen molar-refractivity contribution in [1.82, 2.24) is 15.2 Å². The summed E-state index contributed by atoms with van der Waals surface area (Å²) in [7, 11) is 1.69. The third-order valence-corrected chi connectivity index (χ3v) is 4.24.